The Balaban J connectivity index is 1.64. The fourth-order valence-electron chi connectivity index (χ4n) is 4.53. The summed E-state index contributed by atoms with van der Waals surface area (Å²) in [5, 5.41) is 18.6. The van der Waals surface area contributed by atoms with Gasteiger partial charge in [0.2, 0.25) is 5.88 Å². The molecule has 0 unspecified atom stereocenters. The minimum atomic E-state index is -4.49. The molecule has 0 aliphatic rings. The second-order valence-electron chi connectivity index (χ2n) is 9.44. The minimum Gasteiger partial charge on any atom is -0.493 e. The van der Waals surface area contributed by atoms with E-state index in [4.69, 9.17) is 23.2 Å². The van der Waals surface area contributed by atoms with E-state index in [1.807, 2.05) is 0 Å². The molecule has 0 aliphatic heterocycles. The molecule has 2 aromatic heterocycles. The van der Waals surface area contributed by atoms with Gasteiger partial charge in [-0.25, -0.2) is 9.48 Å². The molecule has 0 saturated carbocycles. The summed E-state index contributed by atoms with van der Waals surface area (Å²) in [6.45, 7) is 1.63. The molecule has 1 amide bonds. The third-order valence-electron chi connectivity index (χ3n) is 6.62. The predicted octanol–water partition coefficient (Wildman–Crippen LogP) is 6.67. The van der Waals surface area contributed by atoms with Gasteiger partial charge >= 0.3 is 11.9 Å². The molecule has 0 saturated heterocycles. The van der Waals surface area contributed by atoms with Gasteiger partial charge < -0.3 is 15.4 Å². The number of aromatic amines is 2. The van der Waals surface area contributed by atoms with Crippen molar-refractivity contribution in [3.63, 3.8) is 0 Å². The highest BCUT2D eigenvalue weighted by molar-refractivity contribution is 6.32. The van der Waals surface area contributed by atoms with E-state index in [1.54, 1.807) is 55.5 Å². The number of alkyl halides is 3. The molecule has 1 atom stereocenters. The van der Waals surface area contributed by atoms with Gasteiger partial charge in [0.1, 0.15) is 0 Å². The molecule has 0 bridgehead atoms. The molecule has 3 aromatic carbocycles. The molecular weight excluding hydrogens is 594 g/mol. The summed E-state index contributed by atoms with van der Waals surface area (Å²) in [4.78, 5) is 30.4. The van der Waals surface area contributed by atoms with Crippen molar-refractivity contribution >= 4 is 29.1 Å². The molecule has 5 rings (SSSR count). The van der Waals surface area contributed by atoms with Crippen LogP contribution in [0.15, 0.2) is 77.6 Å². The number of para-hydroxylation sites is 1. The Bertz CT molecular complexity index is 1810. The first kappa shape index (κ1) is 29.0. The summed E-state index contributed by atoms with van der Waals surface area (Å²) in [6.07, 6.45) is -4.61. The Kier molecular flexibility index (Phi) is 7.89. The van der Waals surface area contributed by atoms with Crippen LogP contribution in [0.25, 0.3) is 16.9 Å². The number of nitrogens with zero attached hydrogens (tertiary/aromatic N) is 2. The lowest BCUT2D eigenvalue weighted by atomic mass is 10.00. The lowest BCUT2D eigenvalue weighted by Gasteiger charge is -2.15. The molecule has 42 heavy (non-hydrogen) atoms. The summed E-state index contributed by atoms with van der Waals surface area (Å²) < 4.78 is 40.6. The van der Waals surface area contributed by atoms with Gasteiger partial charge in [-0.15, -0.1) is 0 Å². The van der Waals surface area contributed by atoms with Crippen molar-refractivity contribution in [2.75, 3.05) is 0 Å². The van der Waals surface area contributed by atoms with Crippen molar-refractivity contribution in [3.8, 4) is 22.8 Å². The van der Waals surface area contributed by atoms with E-state index in [-0.39, 0.29) is 17.8 Å². The molecule has 2 heterocycles. The van der Waals surface area contributed by atoms with Gasteiger partial charge in [-0.2, -0.15) is 18.3 Å². The van der Waals surface area contributed by atoms with Crippen LogP contribution in [0, 0.1) is 0 Å². The molecule has 0 fully saturated rings. The summed E-state index contributed by atoms with van der Waals surface area (Å²) >= 11 is 12.7. The summed E-state index contributed by atoms with van der Waals surface area (Å²) in [5.74, 6) is -1.05. The Morgan fingerprint density at radius 2 is 1.69 bits per heavy atom. The van der Waals surface area contributed by atoms with Crippen LogP contribution in [0.3, 0.4) is 0 Å². The maximum Gasteiger partial charge on any atom is 0.416 e. The van der Waals surface area contributed by atoms with Crippen LogP contribution in [-0.2, 0) is 12.6 Å². The lowest BCUT2D eigenvalue weighted by Crippen LogP contribution is -2.28. The number of aromatic nitrogens is 4. The van der Waals surface area contributed by atoms with Crippen LogP contribution in [0.1, 0.15) is 45.8 Å². The van der Waals surface area contributed by atoms with E-state index < -0.39 is 35.3 Å². The number of nitrogens with one attached hydrogen (secondary N) is 3. The van der Waals surface area contributed by atoms with Gasteiger partial charge in [0.15, 0.2) is 5.69 Å². The number of amides is 1. The number of carbonyl (C=O) groups is 1. The first-order valence-electron chi connectivity index (χ1n) is 12.5. The molecule has 8 nitrogen and oxygen atoms in total. The van der Waals surface area contributed by atoms with E-state index in [9.17, 15) is 27.9 Å². The molecule has 0 radical (unpaired) electrons. The van der Waals surface area contributed by atoms with Gasteiger partial charge in [-0.1, -0.05) is 59.6 Å². The van der Waals surface area contributed by atoms with E-state index in [0.717, 1.165) is 12.1 Å². The highest BCUT2D eigenvalue weighted by Crippen LogP contribution is 2.35. The SMILES string of the molecule is C[C@@H](NC(=O)c1nn(-c2ccccc2Cl)c(-c2ccc(Cl)cc2)c1Cc1[nH]c(=O)[nH]c1O)c1ccc(C(F)(F)F)cc1. The maximum atomic E-state index is 13.8. The average Bonchev–Trinajstić information content (AvgIpc) is 3.47. The molecular formula is C29H22Cl2F3N5O3. The quantitative estimate of drug-likeness (QED) is 0.164. The van der Waals surface area contributed by atoms with E-state index in [1.165, 1.54) is 16.8 Å². The van der Waals surface area contributed by atoms with Crippen molar-refractivity contribution in [2.24, 2.45) is 0 Å². The van der Waals surface area contributed by atoms with Gasteiger partial charge in [-0.05, 0) is 48.9 Å². The Hall–Kier alpha value is -4.48. The molecule has 5 aromatic rings. The number of hydrogen-bond donors (Lipinski definition) is 4. The average molecular weight is 616 g/mol. The van der Waals surface area contributed by atoms with Crippen LogP contribution in [0.5, 0.6) is 5.88 Å². The summed E-state index contributed by atoms with van der Waals surface area (Å²) in [7, 11) is 0. The fourth-order valence-corrected chi connectivity index (χ4v) is 4.87. The number of halogens is 5. The van der Waals surface area contributed by atoms with Gasteiger partial charge in [0.25, 0.3) is 5.91 Å². The lowest BCUT2D eigenvalue weighted by molar-refractivity contribution is -0.137. The Morgan fingerprint density at radius 1 is 1.02 bits per heavy atom. The highest BCUT2D eigenvalue weighted by atomic mass is 35.5. The molecule has 0 spiro atoms. The first-order valence-corrected chi connectivity index (χ1v) is 13.3. The maximum absolute atomic E-state index is 13.8. The zero-order chi connectivity index (χ0) is 30.2. The molecule has 4 N–H and O–H groups in total. The third-order valence-corrected chi connectivity index (χ3v) is 7.19. The monoisotopic (exact) mass is 615 g/mol. The zero-order valence-electron chi connectivity index (χ0n) is 21.8. The van der Waals surface area contributed by atoms with Crippen LogP contribution in [0.4, 0.5) is 13.2 Å². The number of rotatable bonds is 7. The van der Waals surface area contributed by atoms with Crippen LogP contribution in [-0.4, -0.2) is 30.8 Å². The number of hydrogen-bond acceptors (Lipinski definition) is 4. The van der Waals surface area contributed by atoms with Crippen molar-refractivity contribution < 1.29 is 23.1 Å². The molecule has 216 valence electrons. The van der Waals surface area contributed by atoms with E-state index in [0.29, 0.717) is 38.1 Å². The number of carbonyl (C=O) groups excluding carboxylic acids is 1. The Labute approximate surface area is 246 Å². The van der Waals surface area contributed by atoms with Crippen molar-refractivity contribution in [3.05, 3.63) is 121 Å². The first-order chi connectivity index (χ1) is 19.9. The van der Waals surface area contributed by atoms with Crippen LogP contribution >= 0.6 is 23.2 Å². The number of benzene rings is 3. The van der Waals surface area contributed by atoms with Crippen molar-refractivity contribution in [2.45, 2.75) is 25.6 Å². The van der Waals surface area contributed by atoms with Gasteiger partial charge in [-0.3, -0.25) is 9.78 Å². The van der Waals surface area contributed by atoms with Gasteiger partial charge in [0.05, 0.1) is 33.7 Å². The smallest absolute Gasteiger partial charge is 0.416 e. The number of aromatic hydroxyl groups is 1. The fraction of sp³-hybridized carbons (Fsp3) is 0.138. The normalized spacial score (nSPS) is 12.3. The van der Waals surface area contributed by atoms with Gasteiger partial charge in [0, 0.05) is 22.6 Å². The summed E-state index contributed by atoms with van der Waals surface area (Å²) in [6, 6.07) is 17.4. The van der Waals surface area contributed by atoms with Crippen LogP contribution in [0.2, 0.25) is 10.0 Å². The van der Waals surface area contributed by atoms with Crippen molar-refractivity contribution in [1.82, 2.24) is 25.1 Å². The second-order valence-corrected chi connectivity index (χ2v) is 10.3. The summed E-state index contributed by atoms with van der Waals surface area (Å²) in [5.41, 5.74) is 0.872. The number of H-pyrrole nitrogens is 2. The molecule has 0 aliphatic carbocycles. The standard InChI is InChI=1S/C29H22Cl2F3N5O3/c1-15(16-6-10-18(11-7-16)29(32,33)34)35-27(41)24-20(14-22-26(40)37-28(42)36-22)25(17-8-12-19(30)13-9-17)39(38-24)23-5-3-2-4-21(23)31/h2-13,15,40H,14H2,1H3,(H,35,41)(H2,36,37,42)/t15-/m1/s1. The topological polar surface area (TPSA) is 116 Å². The van der Waals surface area contributed by atoms with Crippen molar-refractivity contribution in [1.29, 1.82) is 0 Å². The Morgan fingerprint density at radius 3 is 2.29 bits per heavy atom. The second kappa shape index (κ2) is 11.4. The molecule has 13 heteroatoms. The van der Waals surface area contributed by atoms with E-state index in [2.05, 4.69) is 20.4 Å². The van der Waals surface area contributed by atoms with Crippen LogP contribution < -0.4 is 11.0 Å². The third kappa shape index (κ3) is 5.93. The minimum absolute atomic E-state index is 0.0555. The predicted molar refractivity (Wildman–Crippen MR) is 152 cm³/mol. The number of imidazole rings is 1. The highest BCUT2D eigenvalue weighted by Gasteiger charge is 2.31. The largest absolute Gasteiger partial charge is 0.493 e. The van der Waals surface area contributed by atoms with E-state index >= 15 is 0 Å². The zero-order valence-corrected chi connectivity index (χ0v) is 23.3.